The zero-order chi connectivity index (χ0) is 16.1. The van der Waals surface area contributed by atoms with Crippen LogP contribution in [0.2, 0.25) is 0 Å². The maximum atomic E-state index is 12.1. The normalized spacial score (nSPS) is 15.6. The lowest BCUT2D eigenvalue weighted by atomic mass is 10.2. The predicted octanol–water partition coefficient (Wildman–Crippen LogP) is 2.54. The van der Waals surface area contributed by atoms with Crippen LogP contribution in [0, 0.1) is 12.3 Å². The van der Waals surface area contributed by atoms with Gasteiger partial charge >= 0.3 is 6.03 Å². The van der Waals surface area contributed by atoms with Crippen molar-refractivity contribution in [2.24, 2.45) is 0 Å². The summed E-state index contributed by atoms with van der Waals surface area (Å²) in [4.78, 5) is 24.8. The number of nitrogens with one attached hydrogen (secondary N) is 1. The van der Waals surface area contributed by atoms with Crippen LogP contribution in [0.4, 0.5) is 4.79 Å². The molecule has 1 aliphatic heterocycles. The van der Waals surface area contributed by atoms with E-state index in [2.05, 4.69) is 33.7 Å². The third kappa shape index (κ3) is 3.38. The van der Waals surface area contributed by atoms with Gasteiger partial charge in [0.05, 0.1) is 4.47 Å². The molecule has 1 aromatic rings. The molecule has 0 saturated carbocycles. The molecule has 0 bridgehead atoms. The quantitative estimate of drug-likeness (QED) is 0.380. The highest BCUT2D eigenvalue weighted by molar-refractivity contribution is 9.10. The SMILES string of the molecule is C#CCOc1ccc(/C=C2/NC(=O)N(CC=C)C2=O)cc1Br. The van der Waals surface area contributed by atoms with Crippen LogP contribution >= 0.6 is 15.9 Å². The highest BCUT2D eigenvalue weighted by Gasteiger charge is 2.32. The Kier molecular flexibility index (Phi) is 5.02. The number of nitrogens with zero attached hydrogens (tertiary/aromatic N) is 1. The lowest BCUT2D eigenvalue weighted by Gasteiger charge is -2.07. The second kappa shape index (κ2) is 6.96. The highest BCUT2D eigenvalue weighted by Crippen LogP contribution is 2.27. The average molecular weight is 361 g/mol. The van der Waals surface area contributed by atoms with Crippen LogP contribution in [-0.4, -0.2) is 30.0 Å². The van der Waals surface area contributed by atoms with Gasteiger partial charge in [-0.2, -0.15) is 0 Å². The highest BCUT2D eigenvalue weighted by atomic mass is 79.9. The van der Waals surface area contributed by atoms with E-state index in [1.54, 1.807) is 24.3 Å². The Labute approximate surface area is 136 Å². The van der Waals surface area contributed by atoms with Gasteiger partial charge in [-0.05, 0) is 39.7 Å². The molecule has 0 radical (unpaired) electrons. The van der Waals surface area contributed by atoms with Gasteiger partial charge in [-0.3, -0.25) is 9.69 Å². The number of hydrogen-bond donors (Lipinski definition) is 1. The van der Waals surface area contributed by atoms with Crippen LogP contribution in [0.25, 0.3) is 6.08 Å². The lowest BCUT2D eigenvalue weighted by Crippen LogP contribution is -2.30. The zero-order valence-corrected chi connectivity index (χ0v) is 13.2. The lowest BCUT2D eigenvalue weighted by molar-refractivity contribution is -0.122. The van der Waals surface area contributed by atoms with Crippen molar-refractivity contribution in [2.45, 2.75) is 0 Å². The number of carbonyl (C=O) groups is 2. The Balaban J connectivity index is 2.21. The largest absolute Gasteiger partial charge is 0.480 e. The second-order valence-electron chi connectivity index (χ2n) is 4.38. The molecule has 1 aliphatic rings. The number of urea groups is 1. The number of terminal acetylenes is 1. The number of hydrogen-bond acceptors (Lipinski definition) is 3. The molecule has 1 N–H and O–H groups in total. The van der Waals surface area contributed by atoms with Crippen LogP contribution < -0.4 is 10.1 Å². The molecule has 1 saturated heterocycles. The molecule has 0 aromatic heterocycles. The maximum absolute atomic E-state index is 12.1. The van der Waals surface area contributed by atoms with Crippen molar-refractivity contribution in [1.29, 1.82) is 0 Å². The van der Waals surface area contributed by atoms with Gasteiger partial charge in [-0.25, -0.2) is 4.79 Å². The molecular formula is C16H13BrN2O3. The van der Waals surface area contributed by atoms with E-state index in [1.807, 2.05) is 0 Å². The molecule has 112 valence electrons. The minimum absolute atomic E-state index is 0.171. The molecule has 3 amide bonds. The molecule has 6 heteroatoms. The van der Waals surface area contributed by atoms with Crippen LogP contribution in [0.3, 0.4) is 0 Å². The summed E-state index contributed by atoms with van der Waals surface area (Å²) in [7, 11) is 0. The Morgan fingerprint density at radius 1 is 1.45 bits per heavy atom. The summed E-state index contributed by atoms with van der Waals surface area (Å²) in [6.07, 6.45) is 8.23. The minimum Gasteiger partial charge on any atom is -0.480 e. The summed E-state index contributed by atoms with van der Waals surface area (Å²) in [6.45, 7) is 3.86. The van der Waals surface area contributed by atoms with E-state index in [4.69, 9.17) is 11.2 Å². The van der Waals surface area contributed by atoms with Crippen molar-refractivity contribution < 1.29 is 14.3 Å². The van der Waals surface area contributed by atoms with Crippen molar-refractivity contribution in [1.82, 2.24) is 10.2 Å². The van der Waals surface area contributed by atoms with E-state index in [0.29, 0.717) is 10.2 Å². The number of benzene rings is 1. The first kappa shape index (κ1) is 15.9. The van der Waals surface area contributed by atoms with Crippen molar-refractivity contribution in [3.05, 3.63) is 46.6 Å². The molecule has 1 heterocycles. The monoisotopic (exact) mass is 360 g/mol. The third-order valence-corrected chi connectivity index (χ3v) is 3.47. The zero-order valence-electron chi connectivity index (χ0n) is 11.6. The van der Waals surface area contributed by atoms with E-state index < -0.39 is 6.03 Å². The summed E-state index contributed by atoms with van der Waals surface area (Å²) < 4.78 is 6.04. The number of carbonyl (C=O) groups excluding carboxylic acids is 2. The van der Waals surface area contributed by atoms with Crippen LogP contribution in [0.15, 0.2) is 41.0 Å². The van der Waals surface area contributed by atoms with Gasteiger partial charge in [0.1, 0.15) is 18.1 Å². The van der Waals surface area contributed by atoms with Gasteiger partial charge in [0, 0.05) is 6.54 Å². The molecule has 5 nitrogen and oxygen atoms in total. The molecule has 2 rings (SSSR count). The number of amides is 3. The molecular weight excluding hydrogens is 348 g/mol. The first-order valence-corrected chi connectivity index (χ1v) is 7.17. The maximum Gasteiger partial charge on any atom is 0.329 e. The number of ether oxygens (including phenoxy) is 1. The van der Waals surface area contributed by atoms with Crippen molar-refractivity contribution >= 4 is 33.9 Å². The molecule has 22 heavy (non-hydrogen) atoms. The van der Waals surface area contributed by atoms with E-state index >= 15 is 0 Å². The predicted molar refractivity (Wildman–Crippen MR) is 86.9 cm³/mol. The van der Waals surface area contributed by atoms with Gasteiger partial charge in [0.25, 0.3) is 5.91 Å². The van der Waals surface area contributed by atoms with E-state index in [1.165, 1.54) is 6.08 Å². The first-order chi connectivity index (χ1) is 10.6. The van der Waals surface area contributed by atoms with Crippen molar-refractivity contribution in [2.75, 3.05) is 13.2 Å². The van der Waals surface area contributed by atoms with Crippen LogP contribution in [0.5, 0.6) is 5.75 Å². The smallest absolute Gasteiger partial charge is 0.329 e. The minimum atomic E-state index is -0.454. The summed E-state index contributed by atoms with van der Waals surface area (Å²) in [5.41, 5.74) is 0.958. The molecule has 0 aliphatic carbocycles. The number of rotatable bonds is 5. The van der Waals surface area contributed by atoms with E-state index in [0.717, 1.165) is 10.5 Å². The molecule has 1 aromatic carbocycles. The summed E-state index contributed by atoms with van der Waals surface area (Å²) in [6, 6.07) is 4.81. The summed E-state index contributed by atoms with van der Waals surface area (Å²) >= 11 is 3.37. The van der Waals surface area contributed by atoms with E-state index in [-0.39, 0.29) is 24.8 Å². The fourth-order valence-electron chi connectivity index (χ4n) is 1.88. The second-order valence-corrected chi connectivity index (χ2v) is 5.23. The first-order valence-electron chi connectivity index (χ1n) is 6.38. The van der Waals surface area contributed by atoms with Crippen LogP contribution in [0.1, 0.15) is 5.56 Å². The van der Waals surface area contributed by atoms with Gasteiger partial charge in [-0.1, -0.05) is 18.1 Å². The molecule has 0 atom stereocenters. The van der Waals surface area contributed by atoms with Gasteiger partial charge < -0.3 is 10.1 Å². The van der Waals surface area contributed by atoms with Crippen molar-refractivity contribution in [3.8, 4) is 18.1 Å². The molecule has 0 spiro atoms. The van der Waals surface area contributed by atoms with Gasteiger partial charge in [0.15, 0.2) is 0 Å². The standard InChI is InChI=1S/C16H13BrN2O3/c1-3-7-19-15(20)13(18-16(19)21)10-11-5-6-14(12(17)9-11)22-8-4-2/h2-3,5-6,9-10H,1,7-8H2,(H,18,21)/b13-10+. The summed E-state index contributed by atoms with van der Waals surface area (Å²) in [5, 5.41) is 2.53. The molecule has 1 fully saturated rings. The average Bonchev–Trinajstić information content (AvgIpc) is 2.74. The van der Waals surface area contributed by atoms with Gasteiger partial charge in [-0.15, -0.1) is 13.0 Å². The Bertz CT molecular complexity index is 704. The third-order valence-electron chi connectivity index (χ3n) is 2.85. The fourth-order valence-corrected chi connectivity index (χ4v) is 2.39. The van der Waals surface area contributed by atoms with Gasteiger partial charge in [0.2, 0.25) is 0 Å². The summed E-state index contributed by atoms with van der Waals surface area (Å²) in [5.74, 6) is 2.61. The topological polar surface area (TPSA) is 58.6 Å². The molecule has 0 unspecified atom stereocenters. The Morgan fingerprint density at radius 3 is 2.86 bits per heavy atom. The Morgan fingerprint density at radius 2 is 2.23 bits per heavy atom. The Hall–Kier alpha value is -2.52. The number of imide groups is 1. The fraction of sp³-hybridized carbons (Fsp3) is 0.125. The van der Waals surface area contributed by atoms with E-state index in [9.17, 15) is 9.59 Å². The number of halogens is 1. The van der Waals surface area contributed by atoms with Crippen molar-refractivity contribution in [3.63, 3.8) is 0 Å². The van der Waals surface area contributed by atoms with Crippen LogP contribution in [-0.2, 0) is 4.79 Å².